The highest BCUT2D eigenvalue weighted by atomic mass is 32.1. The molecular weight excluding hydrogens is 336 g/mol. The molecule has 2 amide bonds. The average Bonchev–Trinajstić information content (AvgIpc) is 3.24. The van der Waals surface area contributed by atoms with Crippen LogP contribution < -0.4 is 10.6 Å². The van der Waals surface area contributed by atoms with Crippen LogP contribution in [-0.2, 0) is 12.0 Å². The molecule has 0 unspecified atom stereocenters. The highest BCUT2D eigenvalue weighted by Crippen LogP contribution is 2.27. The van der Waals surface area contributed by atoms with Crippen molar-refractivity contribution >= 4 is 22.5 Å². The van der Waals surface area contributed by atoms with E-state index in [2.05, 4.69) is 46.7 Å². The summed E-state index contributed by atoms with van der Waals surface area (Å²) in [6.07, 6.45) is 3.60. The van der Waals surface area contributed by atoms with Gasteiger partial charge in [-0.05, 0) is 23.8 Å². The van der Waals surface area contributed by atoms with E-state index in [-0.39, 0.29) is 11.4 Å². The molecular formula is C17H20N6OS. The van der Waals surface area contributed by atoms with Gasteiger partial charge in [-0.25, -0.2) is 9.48 Å². The van der Waals surface area contributed by atoms with E-state index >= 15 is 0 Å². The van der Waals surface area contributed by atoms with Crippen LogP contribution in [-0.4, -0.2) is 26.0 Å². The van der Waals surface area contributed by atoms with E-state index in [0.29, 0.717) is 11.7 Å². The zero-order valence-electron chi connectivity index (χ0n) is 14.4. The van der Waals surface area contributed by atoms with Gasteiger partial charge in [0.25, 0.3) is 0 Å². The maximum Gasteiger partial charge on any atom is 0.321 e. The van der Waals surface area contributed by atoms with Crippen molar-refractivity contribution in [1.29, 1.82) is 0 Å². The predicted octanol–water partition coefficient (Wildman–Crippen LogP) is 3.34. The van der Waals surface area contributed by atoms with Crippen molar-refractivity contribution in [3.63, 3.8) is 0 Å². The molecule has 0 radical (unpaired) electrons. The van der Waals surface area contributed by atoms with Crippen LogP contribution in [0.2, 0.25) is 0 Å². The van der Waals surface area contributed by atoms with Gasteiger partial charge in [-0.15, -0.1) is 10.2 Å². The molecule has 2 N–H and O–H groups in total. The molecule has 130 valence electrons. The van der Waals surface area contributed by atoms with Crippen molar-refractivity contribution in [3.8, 4) is 5.69 Å². The third-order valence-electron chi connectivity index (χ3n) is 3.42. The molecule has 3 aromatic rings. The first-order valence-electron chi connectivity index (χ1n) is 7.89. The number of anilines is 1. The Bertz CT molecular complexity index is 850. The maximum atomic E-state index is 12.1. The van der Waals surface area contributed by atoms with E-state index in [1.165, 1.54) is 11.3 Å². The molecule has 25 heavy (non-hydrogen) atoms. The Morgan fingerprint density at radius 3 is 2.76 bits per heavy atom. The Balaban J connectivity index is 1.57. The summed E-state index contributed by atoms with van der Waals surface area (Å²) in [6, 6.07) is 9.40. The molecule has 0 aliphatic heterocycles. The summed E-state index contributed by atoms with van der Waals surface area (Å²) in [5.41, 5.74) is 1.85. The highest BCUT2D eigenvalue weighted by molar-refractivity contribution is 7.15. The van der Waals surface area contributed by atoms with Crippen molar-refractivity contribution in [2.75, 3.05) is 5.32 Å². The van der Waals surface area contributed by atoms with Gasteiger partial charge < -0.3 is 5.32 Å². The summed E-state index contributed by atoms with van der Waals surface area (Å²) < 4.78 is 1.78. The van der Waals surface area contributed by atoms with Crippen molar-refractivity contribution in [2.24, 2.45) is 0 Å². The number of nitrogens with zero attached hydrogens (tertiary/aromatic N) is 4. The molecule has 2 aromatic heterocycles. The number of aromatic nitrogens is 4. The second kappa shape index (κ2) is 7.02. The first kappa shape index (κ1) is 17.1. The lowest BCUT2D eigenvalue weighted by Gasteiger charge is -2.12. The summed E-state index contributed by atoms with van der Waals surface area (Å²) in [5, 5.41) is 19.3. The Kier molecular flexibility index (Phi) is 4.80. The number of hydrogen-bond donors (Lipinski definition) is 2. The monoisotopic (exact) mass is 356 g/mol. The maximum absolute atomic E-state index is 12.1. The number of carbonyl (C=O) groups is 1. The lowest BCUT2D eigenvalue weighted by Crippen LogP contribution is -2.28. The average molecular weight is 356 g/mol. The predicted molar refractivity (Wildman–Crippen MR) is 98.0 cm³/mol. The zero-order chi connectivity index (χ0) is 17.9. The fourth-order valence-corrected chi connectivity index (χ4v) is 2.93. The number of amides is 2. The number of benzene rings is 1. The van der Waals surface area contributed by atoms with Crippen molar-refractivity contribution in [2.45, 2.75) is 32.7 Å². The van der Waals surface area contributed by atoms with Crippen molar-refractivity contribution < 1.29 is 4.79 Å². The van der Waals surface area contributed by atoms with Crippen LogP contribution in [0.15, 0.2) is 42.7 Å². The Hall–Kier alpha value is -2.74. The van der Waals surface area contributed by atoms with Gasteiger partial charge >= 0.3 is 6.03 Å². The van der Waals surface area contributed by atoms with Crippen LogP contribution >= 0.6 is 11.3 Å². The Morgan fingerprint density at radius 1 is 1.24 bits per heavy atom. The van der Waals surface area contributed by atoms with Gasteiger partial charge in [0.15, 0.2) is 0 Å². The van der Waals surface area contributed by atoms with Gasteiger partial charge in [0.1, 0.15) is 5.01 Å². The molecule has 7 nitrogen and oxygen atoms in total. The largest absolute Gasteiger partial charge is 0.334 e. The fraction of sp³-hybridized carbons (Fsp3) is 0.294. The molecule has 0 aliphatic rings. The minimum absolute atomic E-state index is 0.0823. The smallest absolute Gasteiger partial charge is 0.321 e. The van der Waals surface area contributed by atoms with Crippen molar-refractivity contribution in [1.82, 2.24) is 25.3 Å². The molecule has 0 saturated carbocycles. The van der Waals surface area contributed by atoms with E-state index in [0.717, 1.165) is 16.3 Å². The van der Waals surface area contributed by atoms with Gasteiger partial charge in [-0.3, -0.25) is 5.32 Å². The third kappa shape index (κ3) is 4.42. The number of urea groups is 1. The minimum Gasteiger partial charge on any atom is -0.334 e. The SMILES string of the molecule is CC(C)(C)c1nnc(NC(=O)NCc2cccc(-n3cccn3)c2)s1. The fourth-order valence-electron chi connectivity index (χ4n) is 2.13. The molecule has 0 saturated heterocycles. The lowest BCUT2D eigenvalue weighted by atomic mass is 9.98. The molecule has 0 bridgehead atoms. The van der Waals surface area contributed by atoms with E-state index < -0.39 is 0 Å². The lowest BCUT2D eigenvalue weighted by molar-refractivity contribution is 0.251. The van der Waals surface area contributed by atoms with Gasteiger partial charge in [0.2, 0.25) is 5.13 Å². The summed E-state index contributed by atoms with van der Waals surface area (Å²) in [6.45, 7) is 6.59. The van der Waals surface area contributed by atoms with Crippen LogP contribution in [0.25, 0.3) is 5.69 Å². The topological polar surface area (TPSA) is 84.7 Å². The van der Waals surface area contributed by atoms with Crippen molar-refractivity contribution in [3.05, 3.63) is 53.3 Å². The molecule has 3 rings (SSSR count). The second-order valence-corrected chi connectivity index (χ2v) is 7.57. The first-order chi connectivity index (χ1) is 11.9. The van der Waals surface area contributed by atoms with Crippen LogP contribution in [0, 0.1) is 0 Å². The number of rotatable bonds is 4. The van der Waals surface area contributed by atoms with Crippen LogP contribution in [0.1, 0.15) is 31.3 Å². The summed E-state index contributed by atoms with van der Waals surface area (Å²) in [4.78, 5) is 12.1. The molecule has 2 heterocycles. The normalized spacial score (nSPS) is 11.3. The molecule has 0 atom stereocenters. The standard InChI is InChI=1S/C17H20N6OS/c1-17(2,3)14-21-22-16(25-14)20-15(24)18-11-12-6-4-7-13(10-12)23-9-5-8-19-23/h4-10H,11H2,1-3H3,(H2,18,20,22,24). The van der Waals surface area contributed by atoms with Crippen LogP contribution in [0.3, 0.4) is 0 Å². The van der Waals surface area contributed by atoms with E-state index in [4.69, 9.17) is 0 Å². The number of carbonyl (C=O) groups excluding carboxylic acids is 1. The molecule has 0 spiro atoms. The number of nitrogens with one attached hydrogen (secondary N) is 2. The Labute approximate surface area is 150 Å². The second-order valence-electron chi connectivity index (χ2n) is 6.59. The Morgan fingerprint density at radius 2 is 2.08 bits per heavy atom. The molecule has 8 heteroatoms. The van der Waals surface area contributed by atoms with Gasteiger partial charge in [0.05, 0.1) is 5.69 Å². The quantitative estimate of drug-likeness (QED) is 0.751. The highest BCUT2D eigenvalue weighted by Gasteiger charge is 2.19. The molecule has 0 fully saturated rings. The molecule has 0 aliphatic carbocycles. The molecule has 1 aromatic carbocycles. The van der Waals surface area contributed by atoms with Crippen LogP contribution in [0.4, 0.5) is 9.93 Å². The van der Waals surface area contributed by atoms with Gasteiger partial charge in [-0.1, -0.05) is 44.2 Å². The summed E-state index contributed by atoms with van der Waals surface area (Å²) in [5.74, 6) is 0. The zero-order valence-corrected chi connectivity index (χ0v) is 15.2. The van der Waals surface area contributed by atoms with Gasteiger partial charge in [-0.2, -0.15) is 5.10 Å². The van der Waals surface area contributed by atoms with E-state index in [9.17, 15) is 4.79 Å². The third-order valence-corrected chi connectivity index (χ3v) is 4.68. The van der Waals surface area contributed by atoms with E-state index in [1.807, 2.05) is 36.5 Å². The van der Waals surface area contributed by atoms with Crippen LogP contribution in [0.5, 0.6) is 0 Å². The van der Waals surface area contributed by atoms with E-state index in [1.54, 1.807) is 10.9 Å². The number of hydrogen-bond acceptors (Lipinski definition) is 5. The summed E-state index contributed by atoms with van der Waals surface area (Å²) >= 11 is 1.38. The minimum atomic E-state index is -0.305. The first-order valence-corrected chi connectivity index (χ1v) is 8.71. The summed E-state index contributed by atoms with van der Waals surface area (Å²) in [7, 11) is 0. The van der Waals surface area contributed by atoms with Gasteiger partial charge in [0, 0.05) is 24.4 Å².